The first-order valence-electron chi connectivity index (χ1n) is 5.64. The monoisotopic (exact) mass is 289 g/mol. The maximum absolute atomic E-state index is 11.1. The summed E-state index contributed by atoms with van der Waals surface area (Å²) in [4.78, 5) is 21.6. The number of benzene rings is 1. The number of carbonyl (C=O) groups is 1. The van der Waals surface area contributed by atoms with Crippen molar-refractivity contribution in [1.82, 2.24) is 15.0 Å². The Bertz CT molecular complexity index is 800. The number of hydrogen-bond acceptors (Lipinski definition) is 4. The quantitative estimate of drug-likeness (QED) is 0.723. The Balaban J connectivity index is 2.00. The van der Waals surface area contributed by atoms with Crippen molar-refractivity contribution in [1.29, 1.82) is 0 Å². The molecule has 0 aliphatic heterocycles. The van der Waals surface area contributed by atoms with E-state index in [-0.39, 0.29) is 16.7 Å². The first-order chi connectivity index (χ1) is 9.63. The third-order valence-electron chi connectivity index (χ3n) is 2.71. The van der Waals surface area contributed by atoms with Gasteiger partial charge in [-0.2, -0.15) is 4.98 Å². The van der Waals surface area contributed by atoms with Crippen LogP contribution < -0.4 is 4.74 Å². The van der Waals surface area contributed by atoms with E-state index in [9.17, 15) is 4.79 Å². The zero-order valence-corrected chi connectivity index (χ0v) is 10.8. The van der Waals surface area contributed by atoms with Gasteiger partial charge in [-0.25, -0.2) is 9.78 Å². The van der Waals surface area contributed by atoms with Gasteiger partial charge in [0.25, 0.3) is 0 Å². The SMILES string of the molecule is O=C(O)c1c[nH]c2ccc(Oc3ccnc(Cl)n3)cc12. The number of nitrogens with one attached hydrogen (secondary N) is 1. The summed E-state index contributed by atoms with van der Waals surface area (Å²) in [6.45, 7) is 0. The standard InChI is InChI=1S/C13H8ClN3O3/c14-13-15-4-3-11(17-13)20-7-1-2-10-8(5-7)9(6-16-10)12(18)19/h1-6,16H,(H,18,19). The fraction of sp³-hybridized carbons (Fsp3) is 0. The molecule has 1 aromatic carbocycles. The lowest BCUT2D eigenvalue weighted by Crippen LogP contribution is -1.94. The lowest BCUT2D eigenvalue weighted by atomic mass is 10.1. The molecule has 0 spiro atoms. The molecule has 0 fully saturated rings. The fourth-order valence-electron chi connectivity index (χ4n) is 1.84. The molecule has 3 aromatic rings. The Morgan fingerprint density at radius 3 is 2.95 bits per heavy atom. The van der Waals surface area contributed by atoms with Gasteiger partial charge in [0.05, 0.1) is 5.56 Å². The molecule has 0 amide bonds. The van der Waals surface area contributed by atoms with Gasteiger partial charge in [0.15, 0.2) is 0 Å². The zero-order valence-electron chi connectivity index (χ0n) is 10.0. The molecule has 2 N–H and O–H groups in total. The molecular weight excluding hydrogens is 282 g/mol. The number of aromatic nitrogens is 3. The number of ether oxygens (including phenoxy) is 1. The third kappa shape index (κ3) is 2.28. The normalized spacial score (nSPS) is 10.7. The van der Waals surface area contributed by atoms with E-state index in [1.807, 2.05) is 0 Å². The van der Waals surface area contributed by atoms with Gasteiger partial charge in [-0.05, 0) is 29.8 Å². The number of H-pyrrole nitrogens is 1. The second kappa shape index (κ2) is 4.82. The summed E-state index contributed by atoms with van der Waals surface area (Å²) < 4.78 is 5.53. The van der Waals surface area contributed by atoms with E-state index in [4.69, 9.17) is 21.4 Å². The molecule has 0 radical (unpaired) electrons. The van der Waals surface area contributed by atoms with Gasteiger partial charge < -0.3 is 14.8 Å². The first-order valence-corrected chi connectivity index (χ1v) is 6.02. The minimum Gasteiger partial charge on any atom is -0.478 e. The molecule has 100 valence electrons. The predicted molar refractivity (Wildman–Crippen MR) is 72.4 cm³/mol. The van der Waals surface area contributed by atoms with Crippen LogP contribution in [0.1, 0.15) is 10.4 Å². The number of aromatic amines is 1. The fourth-order valence-corrected chi connectivity index (χ4v) is 1.98. The number of carboxylic acids is 1. The number of fused-ring (bicyclic) bond motifs is 1. The average molecular weight is 290 g/mol. The van der Waals surface area contributed by atoms with Gasteiger partial charge in [-0.3, -0.25) is 0 Å². The van der Waals surface area contributed by atoms with Crippen LogP contribution in [0, 0.1) is 0 Å². The van der Waals surface area contributed by atoms with Crippen LogP contribution in [0.2, 0.25) is 5.28 Å². The van der Waals surface area contributed by atoms with Crippen LogP contribution in [0.15, 0.2) is 36.7 Å². The van der Waals surface area contributed by atoms with Crippen molar-refractivity contribution in [3.63, 3.8) is 0 Å². The smallest absolute Gasteiger partial charge is 0.337 e. The molecule has 2 aromatic heterocycles. The number of nitrogens with zero attached hydrogens (tertiary/aromatic N) is 2. The average Bonchev–Trinajstić information content (AvgIpc) is 2.82. The molecule has 0 bridgehead atoms. The third-order valence-corrected chi connectivity index (χ3v) is 2.89. The molecule has 7 heteroatoms. The van der Waals surface area contributed by atoms with Crippen molar-refractivity contribution in [3.05, 3.63) is 47.5 Å². The van der Waals surface area contributed by atoms with Crippen molar-refractivity contribution in [2.75, 3.05) is 0 Å². The van der Waals surface area contributed by atoms with E-state index in [0.29, 0.717) is 11.1 Å². The number of halogens is 1. The predicted octanol–water partition coefficient (Wildman–Crippen LogP) is 3.10. The molecule has 20 heavy (non-hydrogen) atoms. The Hall–Kier alpha value is -2.60. The van der Waals surface area contributed by atoms with Crippen molar-refractivity contribution >= 4 is 28.5 Å². The van der Waals surface area contributed by atoms with Crippen LogP contribution in [0.5, 0.6) is 11.6 Å². The van der Waals surface area contributed by atoms with Gasteiger partial charge in [0.1, 0.15) is 5.75 Å². The summed E-state index contributed by atoms with van der Waals surface area (Å²) in [7, 11) is 0. The highest BCUT2D eigenvalue weighted by Gasteiger charge is 2.11. The highest BCUT2D eigenvalue weighted by molar-refractivity contribution is 6.28. The summed E-state index contributed by atoms with van der Waals surface area (Å²) in [6, 6.07) is 6.64. The van der Waals surface area contributed by atoms with Crippen LogP contribution in [0.25, 0.3) is 10.9 Å². The molecule has 3 rings (SSSR count). The van der Waals surface area contributed by atoms with Gasteiger partial charge in [-0.15, -0.1) is 0 Å². The van der Waals surface area contributed by atoms with Gasteiger partial charge in [-0.1, -0.05) is 0 Å². The molecule has 2 heterocycles. The molecule has 0 saturated heterocycles. The van der Waals surface area contributed by atoms with E-state index in [2.05, 4.69) is 15.0 Å². The van der Waals surface area contributed by atoms with Crippen LogP contribution in [0.4, 0.5) is 0 Å². The molecule has 6 nitrogen and oxygen atoms in total. The Morgan fingerprint density at radius 2 is 2.20 bits per heavy atom. The topological polar surface area (TPSA) is 88.1 Å². The van der Waals surface area contributed by atoms with Crippen LogP contribution in [-0.2, 0) is 0 Å². The molecule has 0 saturated carbocycles. The molecule has 0 atom stereocenters. The van der Waals surface area contributed by atoms with Crippen molar-refractivity contribution < 1.29 is 14.6 Å². The second-order valence-corrected chi connectivity index (χ2v) is 4.32. The Kier molecular flexibility index (Phi) is 3.00. The number of rotatable bonds is 3. The summed E-state index contributed by atoms with van der Waals surface area (Å²) in [5, 5.41) is 9.73. The summed E-state index contributed by atoms with van der Waals surface area (Å²) in [5.74, 6) is -0.246. The van der Waals surface area contributed by atoms with Crippen molar-refractivity contribution in [2.24, 2.45) is 0 Å². The van der Waals surface area contributed by atoms with Crippen LogP contribution >= 0.6 is 11.6 Å². The van der Waals surface area contributed by atoms with Gasteiger partial charge >= 0.3 is 5.97 Å². The largest absolute Gasteiger partial charge is 0.478 e. The molecule has 0 aliphatic carbocycles. The Morgan fingerprint density at radius 1 is 1.35 bits per heavy atom. The van der Waals surface area contributed by atoms with Crippen molar-refractivity contribution in [3.8, 4) is 11.6 Å². The van der Waals surface area contributed by atoms with E-state index < -0.39 is 5.97 Å². The molecule has 0 unspecified atom stereocenters. The highest BCUT2D eigenvalue weighted by Crippen LogP contribution is 2.26. The van der Waals surface area contributed by atoms with Gasteiger partial charge in [0, 0.05) is 29.4 Å². The number of hydrogen-bond donors (Lipinski definition) is 2. The van der Waals surface area contributed by atoms with Crippen LogP contribution in [0.3, 0.4) is 0 Å². The minimum atomic E-state index is -1.00. The molecular formula is C13H8ClN3O3. The number of aromatic carboxylic acids is 1. The van der Waals surface area contributed by atoms with E-state index in [1.54, 1.807) is 24.3 Å². The summed E-state index contributed by atoms with van der Waals surface area (Å²) >= 11 is 5.67. The maximum Gasteiger partial charge on any atom is 0.337 e. The van der Waals surface area contributed by atoms with Crippen LogP contribution in [-0.4, -0.2) is 26.0 Å². The minimum absolute atomic E-state index is 0.0800. The van der Waals surface area contributed by atoms with E-state index >= 15 is 0 Å². The van der Waals surface area contributed by atoms with E-state index in [1.165, 1.54) is 12.4 Å². The zero-order chi connectivity index (χ0) is 14.1. The first kappa shape index (κ1) is 12.4. The van der Waals surface area contributed by atoms with Crippen molar-refractivity contribution in [2.45, 2.75) is 0 Å². The van der Waals surface area contributed by atoms with E-state index in [0.717, 1.165) is 5.52 Å². The van der Waals surface area contributed by atoms with Gasteiger partial charge in [0.2, 0.25) is 11.2 Å². The lowest BCUT2D eigenvalue weighted by molar-refractivity contribution is 0.0699. The second-order valence-electron chi connectivity index (χ2n) is 3.98. The summed E-state index contributed by atoms with van der Waals surface area (Å²) in [5.41, 5.74) is 0.904. The maximum atomic E-state index is 11.1. The lowest BCUT2D eigenvalue weighted by Gasteiger charge is -2.04. The summed E-state index contributed by atoms with van der Waals surface area (Å²) in [6.07, 6.45) is 2.92. The molecule has 0 aliphatic rings. The highest BCUT2D eigenvalue weighted by atomic mass is 35.5. The Labute approximate surface area is 118 Å². The number of carboxylic acid groups (broad SMARTS) is 1.